The van der Waals surface area contributed by atoms with Crippen LogP contribution in [0.2, 0.25) is 0 Å². The Morgan fingerprint density at radius 1 is 1.35 bits per heavy atom. The van der Waals surface area contributed by atoms with E-state index in [4.69, 9.17) is 0 Å². The molecule has 1 heterocycles. The molecule has 1 fully saturated rings. The van der Waals surface area contributed by atoms with E-state index in [0.717, 1.165) is 25.8 Å². The van der Waals surface area contributed by atoms with Gasteiger partial charge in [0, 0.05) is 18.6 Å². The van der Waals surface area contributed by atoms with E-state index in [1.165, 1.54) is 0 Å². The molecule has 3 unspecified atom stereocenters. The summed E-state index contributed by atoms with van der Waals surface area (Å²) in [5.74, 6) is 0. The van der Waals surface area contributed by atoms with Crippen LogP contribution in [0, 0.1) is 0 Å². The van der Waals surface area contributed by atoms with Crippen molar-refractivity contribution in [3.63, 3.8) is 0 Å². The number of hydrogen-bond acceptors (Lipinski definition) is 3. The molecule has 1 saturated heterocycles. The van der Waals surface area contributed by atoms with Crippen molar-refractivity contribution in [2.24, 2.45) is 0 Å². The second-order valence-electron chi connectivity index (χ2n) is 4.98. The van der Waals surface area contributed by atoms with Crippen molar-refractivity contribution in [1.82, 2.24) is 9.62 Å². The van der Waals surface area contributed by atoms with Gasteiger partial charge in [0.25, 0.3) is 0 Å². The van der Waals surface area contributed by atoms with E-state index in [-0.39, 0.29) is 17.3 Å². The Bertz CT molecular complexity index is 329. The number of nitrogens with zero attached hydrogens (tertiary/aromatic N) is 1. The van der Waals surface area contributed by atoms with Crippen molar-refractivity contribution in [1.29, 1.82) is 0 Å². The van der Waals surface area contributed by atoms with Crippen LogP contribution in [0.25, 0.3) is 0 Å². The molecule has 0 aromatic carbocycles. The molecule has 5 heteroatoms. The lowest BCUT2D eigenvalue weighted by atomic mass is 10.2. The Morgan fingerprint density at radius 3 is 2.53 bits per heavy atom. The number of hydrogen-bond donors (Lipinski definition) is 1. The maximum Gasteiger partial charge on any atom is 0.218 e. The molecule has 0 saturated carbocycles. The maximum absolute atomic E-state index is 12.5. The highest BCUT2D eigenvalue weighted by atomic mass is 32.2. The summed E-state index contributed by atoms with van der Waals surface area (Å²) >= 11 is 0. The first-order chi connectivity index (χ1) is 7.95. The monoisotopic (exact) mass is 262 g/mol. The molecule has 0 aromatic rings. The van der Waals surface area contributed by atoms with Crippen LogP contribution < -0.4 is 5.32 Å². The predicted octanol–water partition coefficient (Wildman–Crippen LogP) is 1.58. The highest BCUT2D eigenvalue weighted by molar-refractivity contribution is 7.89. The lowest BCUT2D eigenvalue weighted by Crippen LogP contribution is -2.46. The summed E-state index contributed by atoms with van der Waals surface area (Å²) in [4.78, 5) is 0. The van der Waals surface area contributed by atoms with Gasteiger partial charge in [-0.05, 0) is 39.7 Å². The Labute approximate surface area is 106 Å². The lowest BCUT2D eigenvalue weighted by Gasteiger charge is -2.30. The first-order valence-corrected chi connectivity index (χ1v) is 8.18. The molecule has 0 bridgehead atoms. The summed E-state index contributed by atoms with van der Waals surface area (Å²) < 4.78 is 26.8. The van der Waals surface area contributed by atoms with Crippen molar-refractivity contribution < 1.29 is 8.42 Å². The fourth-order valence-electron chi connectivity index (χ4n) is 2.55. The second kappa shape index (κ2) is 6.16. The zero-order chi connectivity index (χ0) is 13.1. The summed E-state index contributed by atoms with van der Waals surface area (Å²) in [7, 11) is -3.15. The third kappa shape index (κ3) is 3.20. The number of rotatable bonds is 6. The van der Waals surface area contributed by atoms with E-state index >= 15 is 0 Å². The molecule has 0 aromatic heterocycles. The fraction of sp³-hybridized carbons (Fsp3) is 1.00. The van der Waals surface area contributed by atoms with Crippen LogP contribution in [0.1, 0.15) is 47.0 Å². The van der Waals surface area contributed by atoms with E-state index in [0.29, 0.717) is 6.54 Å². The fourth-order valence-corrected chi connectivity index (χ4v) is 4.57. The van der Waals surface area contributed by atoms with E-state index < -0.39 is 10.0 Å². The molecule has 1 aliphatic rings. The molecule has 0 radical (unpaired) electrons. The van der Waals surface area contributed by atoms with Crippen LogP contribution in [0.3, 0.4) is 0 Å². The summed E-state index contributed by atoms with van der Waals surface area (Å²) in [6, 6.07) is 0.369. The third-order valence-corrected chi connectivity index (χ3v) is 6.10. The highest BCUT2D eigenvalue weighted by Crippen LogP contribution is 2.30. The van der Waals surface area contributed by atoms with E-state index in [1.807, 2.05) is 13.8 Å². The van der Waals surface area contributed by atoms with Crippen molar-refractivity contribution >= 4 is 10.0 Å². The van der Waals surface area contributed by atoms with E-state index in [9.17, 15) is 8.42 Å². The molecule has 17 heavy (non-hydrogen) atoms. The maximum atomic E-state index is 12.5. The summed E-state index contributed by atoms with van der Waals surface area (Å²) in [6.45, 7) is 9.24. The summed E-state index contributed by atoms with van der Waals surface area (Å²) in [6.07, 6.45) is 2.91. The molecule has 4 nitrogen and oxygen atoms in total. The largest absolute Gasteiger partial charge is 0.316 e. The molecule has 0 amide bonds. The molecule has 0 spiro atoms. The first-order valence-electron chi connectivity index (χ1n) is 6.68. The average molecular weight is 262 g/mol. The van der Waals surface area contributed by atoms with E-state index in [1.54, 1.807) is 11.2 Å². The second-order valence-corrected chi connectivity index (χ2v) is 7.24. The number of sulfonamides is 1. The average Bonchev–Trinajstić information content (AvgIpc) is 2.67. The van der Waals surface area contributed by atoms with Gasteiger partial charge in [0.15, 0.2) is 0 Å². The van der Waals surface area contributed by atoms with Crippen LogP contribution in [-0.2, 0) is 10.0 Å². The van der Waals surface area contributed by atoms with Gasteiger partial charge in [-0.2, -0.15) is 4.31 Å². The predicted molar refractivity (Wildman–Crippen MR) is 71.5 cm³/mol. The van der Waals surface area contributed by atoms with Gasteiger partial charge >= 0.3 is 0 Å². The normalized spacial score (nSPS) is 28.5. The number of nitrogens with one attached hydrogen (secondary N) is 1. The molecular formula is C12H26N2O2S. The van der Waals surface area contributed by atoms with Crippen LogP contribution in [0.15, 0.2) is 0 Å². The van der Waals surface area contributed by atoms with Crippen LogP contribution in [-0.4, -0.2) is 43.1 Å². The van der Waals surface area contributed by atoms with Crippen molar-refractivity contribution in [3.8, 4) is 0 Å². The molecule has 3 atom stereocenters. The first kappa shape index (κ1) is 14.9. The summed E-state index contributed by atoms with van der Waals surface area (Å²) in [5, 5.41) is 2.78. The minimum atomic E-state index is -3.15. The van der Waals surface area contributed by atoms with Gasteiger partial charge in [0.2, 0.25) is 10.0 Å². The van der Waals surface area contributed by atoms with Gasteiger partial charge in [-0.25, -0.2) is 8.42 Å². The van der Waals surface area contributed by atoms with Crippen molar-refractivity contribution in [2.45, 2.75) is 64.3 Å². The Kier molecular flexibility index (Phi) is 5.41. The van der Waals surface area contributed by atoms with Gasteiger partial charge < -0.3 is 5.32 Å². The topological polar surface area (TPSA) is 49.4 Å². The Morgan fingerprint density at radius 2 is 2.00 bits per heavy atom. The smallest absolute Gasteiger partial charge is 0.218 e. The standard InChI is InChI=1S/C12H26N2O2S/c1-5-12-8-7-10(3)14(12)17(15,16)11(4)9-13-6-2/h10-13H,5-9H2,1-4H3. The van der Waals surface area contributed by atoms with Crippen LogP contribution in [0.5, 0.6) is 0 Å². The minimum Gasteiger partial charge on any atom is -0.316 e. The van der Waals surface area contributed by atoms with Crippen LogP contribution >= 0.6 is 0 Å². The van der Waals surface area contributed by atoms with Crippen LogP contribution in [0.4, 0.5) is 0 Å². The molecule has 0 aliphatic carbocycles. The Hall–Kier alpha value is -0.130. The third-order valence-electron chi connectivity index (χ3n) is 3.67. The van der Waals surface area contributed by atoms with Gasteiger partial charge in [-0.1, -0.05) is 13.8 Å². The zero-order valence-corrected chi connectivity index (χ0v) is 12.3. The zero-order valence-electron chi connectivity index (χ0n) is 11.4. The quantitative estimate of drug-likeness (QED) is 0.790. The molecule has 1 N–H and O–H groups in total. The van der Waals surface area contributed by atoms with Crippen molar-refractivity contribution in [3.05, 3.63) is 0 Å². The van der Waals surface area contributed by atoms with Gasteiger partial charge in [0.05, 0.1) is 5.25 Å². The lowest BCUT2D eigenvalue weighted by molar-refractivity contribution is 0.324. The van der Waals surface area contributed by atoms with Gasteiger partial charge in [-0.3, -0.25) is 0 Å². The van der Waals surface area contributed by atoms with E-state index in [2.05, 4.69) is 12.2 Å². The molecule has 1 rings (SSSR count). The van der Waals surface area contributed by atoms with Gasteiger partial charge in [0.1, 0.15) is 0 Å². The highest BCUT2D eigenvalue weighted by Gasteiger charge is 2.40. The van der Waals surface area contributed by atoms with Gasteiger partial charge in [-0.15, -0.1) is 0 Å². The SMILES string of the molecule is CCNCC(C)S(=O)(=O)N1C(C)CCC1CC. The summed E-state index contributed by atoms with van der Waals surface area (Å²) in [5.41, 5.74) is 0. The molecule has 102 valence electrons. The minimum absolute atomic E-state index is 0.161. The molecule has 1 aliphatic heterocycles. The van der Waals surface area contributed by atoms with Crippen molar-refractivity contribution in [2.75, 3.05) is 13.1 Å². The Balaban J connectivity index is 2.80. The molecular weight excluding hydrogens is 236 g/mol.